The molecule has 23 heavy (non-hydrogen) atoms. The monoisotopic (exact) mass is 326 g/mol. The number of hydrogen-bond donors (Lipinski definition) is 2. The highest BCUT2D eigenvalue weighted by Crippen LogP contribution is 2.20. The minimum absolute atomic E-state index is 0.163. The average Bonchev–Trinajstić information content (AvgIpc) is 3.03. The van der Waals surface area contributed by atoms with Crippen LogP contribution in [0.25, 0.3) is 11.0 Å². The van der Waals surface area contributed by atoms with Crippen molar-refractivity contribution in [3.63, 3.8) is 0 Å². The molecule has 3 rings (SSSR count). The van der Waals surface area contributed by atoms with Crippen LogP contribution in [0.1, 0.15) is 28.8 Å². The summed E-state index contributed by atoms with van der Waals surface area (Å²) in [6.07, 6.45) is 4.48. The van der Waals surface area contributed by atoms with Crippen molar-refractivity contribution in [2.24, 2.45) is 0 Å². The Morgan fingerprint density at radius 3 is 2.83 bits per heavy atom. The SMILES string of the molecule is CSCCC(NC(=O)c1ccccn1)c1nc2ccccc2[nH]1. The molecule has 0 aliphatic heterocycles. The molecule has 6 heteroatoms. The fraction of sp³-hybridized carbons (Fsp3) is 0.235. The Morgan fingerprint density at radius 2 is 2.09 bits per heavy atom. The summed E-state index contributed by atoms with van der Waals surface area (Å²) in [6.45, 7) is 0. The molecule has 0 aliphatic rings. The molecule has 1 aromatic carbocycles. The maximum Gasteiger partial charge on any atom is 0.270 e. The van der Waals surface area contributed by atoms with Crippen LogP contribution < -0.4 is 5.32 Å². The van der Waals surface area contributed by atoms with Crippen molar-refractivity contribution in [3.8, 4) is 0 Å². The zero-order valence-corrected chi connectivity index (χ0v) is 13.6. The molecule has 2 aromatic heterocycles. The summed E-state index contributed by atoms with van der Waals surface area (Å²) >= 11 is 1.75. The molecule has 3 aromatic rings. The lowest BCUT2D eigenvalue weighted by molar-refractivity contribution is 0.0929. The number of benzene rings is 1. The van der Waals surface area contributed by atoms with Crippen LogP contribution in [0, 0.1) is 0 Å². The molecule has 5 nitrogen and oxygen atoms in total. The number of rotatable bonds is 6. The van der Waals surface area contributed by atoms with Gasteiger partial charge in [-0.05, 0) is 42.7 Å². The number of nitrogens with one attached hydrogen (secondary N) is 2. The normalized spacial score (nSPS) is 12.2. The fourth-order valence-corrected chi connectivity index (χ4v) is 2.85. The number of carbonyl (C=O) groups is 1. The molecule has 1 unspecified atom stereocenters. The number of amides is 1. The van der Waals surface area contributed by atoms with Gasteiger partial charge in [0.05, 0.1) is 17.1 Å². The standard InChI is InChI=1S/C17H18N4OS/c1-23-11-9-14(21-17(22)15-8-4-5-10-18-15)16-19-12-6-2-3-7-13(12)20-16/h2-8,10,14H,9,11H2,1H3,(H,19,20)(H,21,22). The van der Waals surface area contributed by atoms with Crippen LogP contribution in [0.3, 0.4) is 0 Å². The molecular formula is C17H18N4OS. The predicted octanol–water partition coefficient (Wildman–Crippen LogP) is 3.18. The molecule has 2 N–H and O–H groups in total. The van der Waals surface area contributed by atoms with Crippen molar-refractivity contribution in [1.29, 1.82) is 0 Å². The number of H-pyrrole nitrogens is 1. The molecule has 0 radical (unpaired) electrons. The molecule has 0 aliphatic carbocycles. The number of carbonyl (C=O) groups excluding carboxylic acids is 1. The van der Waals surface area contributed by atoms with E-state index in [9.17, 15) is 4.79 Å². The van der Waals surface area contributed by atoms with Gasteiger partial charge in [0.2, 0.25) is 0 Å². The zero-order valence-electron chi connectivity index (χ0n) is 12.8. The first-order valence-electron chi connectivity index (χ1n) is 7.43. The third-order valence-electron chi connectivity index (χ3n) is 3.55. The van der Waals surface area contributed by atoms with E-state index >= 15 is 0 Å². The Morgan fingerprint density at radius 1 is 1.26 bits per heavy atom. The van der Waals surface area contributed by atoms with E-state index in [0.29, 0.717) is 5.69 Å². The minimum atomic E-state index is -0.183. The van der Waals surface area contributed by atoms with Crippen LogP contribution in [-0.2, 0) is 0 Å². The van der Waals surface area contributed by atoms with Gasteiger partial charge >= 0.3 is 0 Å². The van der Waals surface area contributed by atoms with Crippen LogP contribution in [0.5, 0.6) is 0 Å². The van der Waals surface area contributed by atoms with Crippen molar-refractivity contribution in [2.45, 2.75) is 12.5 Å². The molecule has 118 valence electrons. The topological polar surface area (TPSA) is 70.7 Å². The van der Waals surface area contributed by atoms with Crippen LogP contribution in [0.4, 0.5) is 0 Å². The van der Waals surface area contributed by atoms with Crippen molar-refractivity contribution in [3.05, 3.63) is 60.2 Å². The lowest BCUT2D eigenvalue weighted by Gasteiger charge is -2.16. The number of aromatic amines is 1. The van der Waals surface area contributed by atoms with Gasteiger partial charge in [-0.1, -0.05) is 18.2 Å². The van der Waals surface area contributed by atoms with E-state index in [4.69, 9.17) is 0 Å². The Balaban J connectivity index is 1.83. The smallest absolute Gasteiger partial charge is 0.270 e. The molecular weight excluding hydrogens is 308 g/mol. The highest BCUT2D eigenvalue weighted by molar-refractivity contribution is 7.98. The third-order valence-corrected chi connectivity index (χ3v) is 4.20. The van der Waals surface area contributed by atoms with Crippen LogP contribution in [-0.4, -0.2) is 32.9 Å². The zero-order chi connectivity index (χ0) is 16.1. The second-order valence-corrected chi connectivity index (χ2v) is 6.15. The number of para-hydroxylation sites is 2. The van der Waals surface area contributed by atoms with Crippen LogP contribution in [0.2, 0.25) is 0 Å². The molecule has 0 saturated carbocycles. The molecule has 0 spiro atoms. The molecule has 1 amide bonds. The number of fused-ring (bicyclic) bond motifs is 1. The fourth-order valence-electron chi connectivity index (χ4n) is 2.38. The van der Waals surface area contributed by atoms with E-state index in [-0.39, 0.29) is 11.9 Å². The van der Waals surface area contributed by atoms with E-state index < -0.39 is 0 Å². The highest BCUT2D eigenvalue weighted by atomic mass is 32.2. The summed E-state index contributed by atoms with van der Waals surface area (Å²) in [5.41, 5.74) is 2.30. The van der Waals surface area contributed by atoms with Gasteiger partial charge in [0.15, 0.2) is 0 Å². The van der Waals surface area contributed by atoms with E-state index in [2.05, 4.69) is 26.5 Å². The summed E-state index contributed by atoms with van der Waals surface area (Å²) in [4.78, 5) is 24.4. The molecule has 0 bridgehead atoms. The number of imidazole rings is 1. The summed E-state index contributed by atoms with van der Waals surface area (Å²) in [5.74, 6) is 1.53. The van der Waals surface area contributed by atoms with Gasteiger partial charge in [-0.2, -0.15) is 11.8 Å². The summed E-state index contributed by atoms with van der Waals surface area (Å²) in [7, 11) is 0. The summed E-state index contributed by atoms with van der Waals surface area (Å²) in [6, 6.07) is 13.0. The van der Waals surface area contributed by atoms with Crippen molar-refractivity contribution < 1.29 is 4.79 Å². The van der Waals surface area contributed by atoms with Gasteiger partial charge in [-0.15, -0.1) is 0 Å². The molecule has 2 heterocycles. The maximum atomic E-state index is 12.4. The van der Waals surface area contributed by atoms with E-state index in [1.54, 1.807) is 36.2 Å². The molecule has 0 saturated heterocycles. The third kappa shape index (κ3) is 3.71. The van der Waals surface area contributed by atoms with Gasteiger partial charge in [-0.25, -0.2) is 4.98 Å². The first-order chi connectivity index (χ1) is 11.3. The van der Waals surface area contributed by atoms with Crippen molar-refractivity contribution in [2.75, 3.05) is 12.0 Å². The molecule has 0 fully saturated rings. The van der Waals surface area contributed by atoms with E-state index in [1.807, 2.05) is 24.3 Å². The van der Waals surface area contributed by atoms with Crippen LogP contribution >= 0.6 is 11.8 Å². The largest absolute Gasteiger partial charge is 0.341 e. The number of thioether (sulfide) groups is 1. The Kier molecular flexibility index (Phi) is 4.92. The van der Waals surface area contributed by atoms with Gasteiger partial charge in [0.25, 0.3) is 5.91 Å². The minimum Gasteiger partial charge on any atom is -0.341 e. The Hall–Kier alpha value is -2.34. The summed E-state index contributed by atoms with van der Waals surface area (Å²) in [5, 5.41) is 3.04. The quantitative estimate of drug-likeness (QED) is 0.730. The maximum absolute atomic E-state index is 12.4. The number of hydrogen-bond acceptors (Lipinski definition) is 4. The first-order valence-corrected chi connectivity index (χ1v) is 8.83. The lowest BCUT2D eigenvalue weighted by Crippen LogP contribution is -2.30. The van der Waals surface area contributed by atoms with E-state index in [0.717, 1.165) is 29.0 Å². The van der Waals surface area contributed by atoms with Crippen LogP contribution in [0.15, 0.2) is 48.7 Å². The highest BCUT2D eigenvalue weighted by Gasteiger charge is 2.19. The number of pyridine rings is 1. The Labute approximate surface area is 138 Å². The number of nitrogens with zero attached hydrogens (tertiary/aromatic N) is 2. The van der Waals surface area contributed by atoms with Gasteiger partial charge in [0.1, 0.15) is 11.5 Å². The second-order valence-electron chi connectivity index (χ2n) is 5.16. The molecule has 1 atom stereocenters. The number of aromatic nitrogens is 3. The predicted molar refractivity (Wildman–Crippen MR) is 93.5 cm³/mol. The van der Waals surface area contributed by atoms with Gasteiger partial charge in [-0.3, -0.25) is 9.78 Å². The summed E-state index contributed by atoms with van der Waals surface area (Å²) < 4.78 is 0. The van der Waals surface area contributed by atoms with Gasteiger partial charge in [0, 0.05) is 6.20 Å². The van der Waals surface area contributed by atoms with Gasteiger partial charge < -0.3 is 10.3 Å². The first kappa shape index (κ1) is 15.6. The van der Waals surface area contributed by atoms with Crippen molar-refractivity contribution >= 4 is 28.7 Å². The van der Waals surface area contributed by atoms with Crippen molar-refractivity contribution in [1.82, 2.24) is 20.3 Å². The lowest BCUT2D eigenvalue weighted by atomic mass is 10.2. The van der Waals surface area contributed by atoms with E-state index in [1.165, 1.54) is 0 Å². The average molecular weight is 326 g/mol. The Bertz CT molecular complexity index is 754. The second kappa shape index (κ2) is 7.28.